The number of nitriles is 1. The number of anilines is 1. The number of ether oxygens (including phenoxy) is 1. The minimum absolute atomic E-state index is 0.0474. The second-order valence-electron chi connectivity index (χ2n) is 4.64. The lowest BCUT2D eigenvalue weighted by Gasteiger charge is -2.11. The van der Waals surface area contributed by atoms with Crippen molar-refractivity contribution in [2.45, 2.75) is 0 Å². The van der Waals surface area contributed by atoms with Crippen LogP contribution >= 0.6 is 12.2 Å². The summed E-state index contributed by atoms with van der Waals surface area (Å²) in [6.07, 6.45) is 0. The van der Waals surface area contributed by atoms with E-state index in [1.54, 1.807) is 42.5 Å². The fraction of sp³-hybridized carbons (Fsp3) is 0.0588. The van der Waals surface area contributed by atoms with Gasteiger partial charge in [-0.1, -0.05) is 18.2 Å². The molecule has 0 fully saturated rings. The van der Waals surface area contributed by atoms with Crippen LogP contribution in [0.25, 0.3) is 0 Å². The number of nitrogens with zero attached hydrogens (tertiary/aromatic N) is 1. The van der Waals surface area contributed by atoms with Gasteiger partial charge in [-0.05, 0) is 42.5 Å². The van der Waals surface area contributed by atoms with Crippen LogP contribution < -0.4 is 10.6 Å². The Bertz CT molecular complexity index is 843. The Balaban J connectivity index is 2.08. The number of carbonyl (C=O) groups excluding carboxylic acids is 2. The molecule has 0 radical (unpaired) electrons. The largest absolute Gasteiger partial charge is 0.465 e. The number of methoxy groups -OCH3 is 1. The van der Waals surface area contributed by atoms with Crippen molar-refractivity contribution in [3.63, 3.8) is 0 Å². The predicted molar refractivity (Wildman–Crippen MR) is 92.6 cm³/mol. The second-order valence-corrected chi connectivity index (χ2v) is 5.05. The van der Waals surface area contributed by atoms with Gasteiger partial charge in [-0.15, -0.1) is 0 Å². The summed E-state index contributed by atoms with van der Waals surface area (Å²) in [5.74, 6) is -1.01. The average molecular weight is 339 g/mol. The van der Waals surface area contributed by atoms with Crippen LogP contribution in [0.15, 0.2) is 48.5 Å². The molecule has 2 rings (SSSR count). The maximum absolute atomic E-state index is 12.2. The van der Waals surface area contributed by atoms with Crippen LogP contribution in [0, 0.1) is 11.3 Å². The summed E-state index contributed by atoms with van der Waals surface area (Å²) in [4.78, 5) is 23.7. The van der Waals surface area contributed by atoms with Crippen molar-refractivity contribution in [1.29, 1.82) is 5.26 Å². The minimum atomic E-state index is -0.534. The van der Waals surface area contributed by atoms with Gasteiger partial charge in [-0.3, -0.25) is 10.1 Å². The highest BCUT2D eigenvalue weighted by molar-refractivity contribution is 7.80. The summed E-state index contributed by atoms with van der Waals surface area (Å²) in [6.45, 7) is 0. The molecule has 0 unspecified atom stereocenters. The first kappa shape index (κ1) is 17.1. The van der Waals surface area contributed by atoms with Crippen molar-refractivity contribution in [3.05, 3.63) is 65.2 Å². The Hall–Kier alpha value is -3.24. The highest BCUT2D eigenvalue weighted by Crippen LogP contribution is 2.13. The first-order chi connectivity index (χ1) is 11.5. The molecule has 0 saturated carbocycles. The fourth-order valence-corrected chi connectivity index (χ4v) is 2.13. The van der Waals surface area contributed by atoms with Crippen LogP contribution in [-0.2, 0) is 4.74 Å². The van der Waals surface area contributed by atoms with Crippen LogP contribution in [0.1, 0.15) is 26.3 Å². The van der Waals surface area contributed by atoms with Crippen LogP contribution in [0.3, 0.4) is 0 Å². The van der Waals surface area contributed by atoms with Crippen molar-refractivity contribution in [2.24, 2.45) is 0 Å². The molecular weight excluding hydrogens is 326 g/mol. The number of hydrogen-bond acceptors (Lipinski definition) is 5. The molecule has 2 aromatic rings. The van der Waals surface area contributed by atoms with Gasteiger partial charge in [-0.25, -0.2) is 4.79 Å². The zero-order chi connectivity index (χ0) is 17.5. The zero-order valence-electron chi connectivity index (χ0n) is 12.7. The van der Waals surface area contributed by atoms with Crippen molar-refractivity contribution in [3.8, 4) is 6.07 Å². The molecule has 7 heteroatoms. The minimum Gasteiger partial charge on any atom is -0.465 e. The van der Waals surface area contributed by atoms with E-state index in [4.69, 9.17) is 17.5 Å². The number of thiocarbonyl (C=S) groups is 1. The van der Waals surface area contributed by atoms with Gasteiger partial charge in [0.1, 0.15) is 6.07 Å². The highest BCUT2D eigenvalue weighted by atomic mass is 32.1. The van der Waals surface area contributed by atoms with E-state index in [-0.39, 0.29) is 16.2 Å². The van der Waals surface area contributed by atoms with Crippen molar-refractivity contribution >= 4 is 34.9 Å². The molecule has 2 N–H and O–H groups in total. The summed E-state index contributed by atoms with van der Waals surface area (Å²) in [5, 5.41) is 14.4. The molecule has 6 nitrogen and oxygen atoms in total. The number of hydrogen-bond donors (Lipinski definition) is 2. The first-order valence-electron chi connectivity index (χ1n) is 6.85. The van der Waals surface area contributed by atoms with Gasteiger partial charge < -0.3 is 10.1 Å². The monoisotopic (exact) mass is 339 g/mol. The standard InChI is InChI=1S/C17H13N3O3S/c1-23-16(22)12-7-4-6-11(9-12)15(21)20-17(24)19-14-8-3-2-5-13(14)10-18/h2-9H,1H3,(H2,19,20,21,24). The molecule has 0 aliphatic rings. The average Bonchev–Trinajstić information content (AvgIpc) is 2.61. The van der Waals surface area contributed by atoms with Crippen molar-refractivity contribution in [2.75, 3.05) is 12.4 Å². The van der Waals surface area contributed by atoms with E-state index >= 15 is 0 Å². The van der Waals surface area contributed by atoms with E-state index in [1.807, 2.05) is 6.07 Å². The van der Waals surface area contributed by atoms with Crippen LogP contribution in [0.4, 0.5) is 5.69 Å². The van der Waals surface area contributed by atoms with Crippen LogP contribution in [0.2, 0.25) is 0 Å². The lowest BCUT2D eigenvalue weighted by Crippen LogP contribution is -2.34. The van der Waals surface area contributed by atoms with E-state index in [0.717, 1.165) is 0 Å². The van der Waals surface area contributed by atoms with Gasteiger partial charge in [0, 0.05) is 5.56 Å². The Labute approximate surface area is 144 Å². The third kappa shape index (κ3) is 4.15. The van der Waals surface area contributed by atoms with Gasteiger partial charge in [-0.2, -0.15) is 5.26 Å². The molecule has 0 saturated heterocycles. The lowest BCUT2D eigenvalue weighted by molar-refractivity contribution is 0.0600. The molecule has 0 spiro atoms. The van der Waals surface area contributed by atoms with E-state index in [0.29, 0.717) is 11.3 Å². The summed E-state index contributed by atoms with van der Waals surface area (Å²) in [6, 6.07) is 14.9. The van der Waals surface area contributed by atoms with Gasteiger partial charge in [0.2, 0.25) is 0 Å². The van der Waals surface area contributed by atoms with E-state index in [1.165, 1.54) is 13.2 Å². The maximum atomic E-state index is 12.2. The molecule has 2 aromatic carbocycles. The Morgan fingerprint density at radius 3 is 2.54 bits per heavy atom. The van der Waals surface area contributed by atoms with Gasteiger partial charge in [0.15, 0.2) is 5.11 Å². The van der Waals surface area contributed by atoms with Gasteiger partial charge in [0.25, 0.3) is 5.91 Å². The number of carbonyl (C=O) groups is 2. The normalized spacial score (nSPS) is 9.50. The zero-order valence-corrected chi connectivity index (χ0v) is 13.5. The molecule has 1 amide bonds. The third-order valence-corrected chi connectivity index (χ3v) is 3.27. The number of esters is 1. The third-order valence-electron chi connectivity index (χ3n) is 3.07. The molecular formula is C17H13N3O3S. The molecule has 120 valence electrons. The van der Waals surface area contributed by atoms with Crippen LogP contribution in [-0.4, -0.2) is 24.1 Å². The first-order valence-corrected chi connectivity index (χ1v) is 7.26. The van der Waals surface area contributed by atoms with Crippen LogP contribution in [0.5, 0.6) is 0 Å². The molecule has 24 heavy (non-hydrogen) atoms. The second kappa shape index (κ2) is 7.85. The fourth-order valence-electron chi connectivity index (χ4n) is 1.92. The Morgan fingerprint density at radius 1 is 1.12 bits per heavy atom. The molecule has 0 bridgehead atoms. The number of nitrogens with one attached hydrogen (secondary N) is 2. The Morgan fingerprint density at radius 2 is 1.83 bits per heavy atom. The predicted octanol–water partition coefficient (Wildman–Crippen LogP) is 2.47. The van der Waals surface area contributed by atoms with E-state index in [2.05, 4.69) is 15.4 Å². The van der Waals surface area contributed by atoms with E-state index in [9.17, 15) is 9.59 Å². The quantitative estimate of drug-likeness (QED) is 0.659. The number of para-hydroxylation sites is 1. The summed E-state index contributed by atoms with van der Waals surface area (Å²) < 4.78 is 4.62. The molecule has 0 aromatic heterocycles. The lowest BCUT2D eigenvalue weighted by atomic mass is 10.1. The smallest absolute Gasteiger partial charge is 0.337 e. The molecule has 0 aliphatic heterocycles. The summed E-state index contributed by atoms with van der Waals surface area (Å²) in [7, 11) is 1.26. The molecule has 0 atom stereocenters. The van der Waals surface area contributed by atoms with Crippen molar-refractivity contribution in [1.82, 2.24) is 5.32 Å². The topological polar surface area (TPSA) is 91.2 Å². The number of rotatable bonds is 3. The van der Waals surface area contributed by atoms with E-state index < -0.39 is 11.9 Å². The summed E-state index contributed by atoms with van der Waals surface area (Å²) in [5.41, 5.74) is 1.42. The SMILES string of the molecule is COC(=O)c1cccc(C(=O)NC(=S)Nc2ccccc2C#N)c1. The maximum Gasteiger partial charge on any atom is 0.337 e. The highest BCUT2D eigenvalue weighted by Gasteiger charge is 2.12. The summed E-state index contributed by atoms with van der Waals surface area (Å²) >= 11 is 5.08. The molecule has 0 heterocycles. The van der Waals surface area contributed by atoms with Gasteiger partial charge in [0.05, 0.1) is 23.9 Å². The van der Waals surface area contributed by atoms with Crippen molar-refractivity contribution < 1.29 is 14.3 Å². The number of amides is 1. The molecule has 0 aliphatic carbocycles. The Kier molecular flexibility index (Phi) is 5.60. The number of benzene rings is 2. The van der Waals surface area contributed by atoms with Gasteiger partial charge >= 0.3 is 5.97 Å².